The Morgan fingerprint density at radius 2 is 1.54 bits per heavy atom. The Hall–Kier alpha value is -3.72. The Morgan fingerprint density at radius 1 is 0.846 bits per heavy atom. The Kier molecular flexibility index (Phi) is 7.97. The normalized spacial score (nSPS) is 14.3. The van der Waals surface area contributed by atoms with Crippen LogP contribution in [-0.2, 0) is 11.9 Å². The van der Waals surface area contributed by atoms with E-state index < -0.39 is 23.6 Å². The molecule has 1 aliphatic carbocycles. The summed E-state index contributed by atoms with van der Waals surface area (Å²) in [6.45, 7) is 0. The average molecular weight is 553 g/mol. The first-order chi connectivity index (χ1) is 18.8. The number of furan rings is 1. The smallest absolute Gasteiger partial charge is 0.416 e. The maximum atomic E-state index is 13.3. The van der Waals surface area contributed by atoms with Gasteiger partial charge in [-0.2, -0.15) is 24.9 Å². The summed E-state index contributed by atoms with van der Waals surface area (Å²) in [7, 11) is 0. The predicted octanol–water partition coefficient (Wildman–Crippen LogP) is 8.52. The highest BCUT2D eigenvalue weighted by Crippen LogP contribution is 2.35. The second kappa shape index (κ2) is 11.6. The molecule has 0 bridgehead atoms. The van der Waals surface area contributed by atoms with E-state index in [0.717, 1.165) is 23.1 Å². The molecule has 0 aliphatic heterocycles. The number of rotatable bonds is 7. The minimum atomic E-state index is -4.52. The van der Waals surface area contributed by atoms with E-state index in [1.807, 2.05) is 36.0 Å². The van der Waals surface area contributed by atoms with Crippen molar-refractivity contribution < 1.29 is 27.2 Å². The molecule has 0 unspecified atom stereocenters. The zero-order valence-corrected chi connectivity index (χ0v) is 21.8. The zero-order chi connectivity index (χ0) is 27.4. The number of alkyl halides is 3. The Labute approximate surface area is 228 Å². The highest BCUT2D eigenvalue weighted by Gasteiger charge is 2.30. The third-order valence-corrected chi connectivity index (χ3v) is 8.15. The molecule has 1 saturated carbocycles. The van der Waals surface area contributed by atoms with Gasteiger partial charge >= 0.3 is 6.18 Å². The maximum Gasteiger partial charge on any atom is 0.416 e. The summed E-state index contributed by atoms with van der Waals surface area (Å²) in [5, 5.41) is 6.77. The SMILES string of the molecule is O=C(Nc1cccc(C(F)(F)F)c1)c1cccc(NC(=O)c2oc3ccccc3c2CSC2CCCCC2)c1. The number of fused-ring (bicyclic) bond motifs is 1. The molecule has 9 heteroatoms. The van der Waals surface area contributed by atoms with Crippen LogP contribution >= 0.6 is 11.8 Å². The van der Waals surface area contributed by atoms with Crippen molar-refractivity contribution in [1.29, 1.82) is 0 Å². The first-order valence-electron chi connectivity index (χ1n) is 12.8. The first-order valence-corrected chi connectivity index (χ1v) is 13.8. The minimum absolute atomic E-state index is 0.0200. The van der Waals surface area contributed by atoms with Crippen molar-refractivity contribution >= 4 is 45.9 Å². The Bertz CT molecular complexity index is 1490. The quantitative estimate of drug-likeness (QED) is 0.241. The van der Waals surface area contributed by atoms with Crippen molar-refractivity contribution in [2.24, 2.45) is 0 Å². The molecule has 3 aromatic carbocycles. The summed E-state index contributed by atoms with van der Waals surface area (Å²) in [6.07, 6.45) is 1.57. The van der Waals surface area contributed by atoms with Crippen LogP contribution in [0.4, 0.5) is 24.5 Å². The maximum absolute atomic E-state index is 13.3. The number of thioether (sulfide) groups is 1. The van der Waals surface area contributed by atoms with Gasteiger partial charge in [0.1, 0.15) is 5.58 Å². The predicted molar refractivity (Wildman–Crippen MR) is 148 cm³/mol. The van der Waals surface area contributed by atoms with Crippen LogP contribution in [0.15, 0.2) is 77.2 Å². The number of nitrogens with one attached hydrogen (secondary N) is 2. The van der Waals surface area contributed by atoms with Crippen molar-refractivity contribution in [3.63, 3.8) is 0 Å². The van der Waals surface area contributed by atoms with Crippen LogP contribution in [0.25, 0.3) is 11.0 Å². The molecule has 202 valence electrons. The molecule has 0 spiro atoms. The van der Waals surface area contributed by atoms with Crippen LogP contribution in [0.1, 0.15) is 64.1 Å². The number of carbonyl (C=O) groups excluding carboxylic acids is 2. The molecule has 2 N–H and O–H groups in total. The van der Waals surface area contributed by atoms with Gasteiger partial charge in [0.05, 0.1) is 5.56 Å². The Morgan fingerprint density at radius 3 is 2.31 bits per heavy atom. The molecule has 5 nitrogen and oxygen atoms in total. The van der Waals surface area contributed by atoms with Gasteiger partial charge in [-0.1, -0.05) is 49.6 Å². The second-order valence-corrected chi connectivity index (χ2v) is 10.8. The van der Waals surface area contributed by atoms with Gasteiger partial charge in [0.2, 0.25) is 0 Å². The fraction of sp³-hybridized carbons (Fsp3) is 0.267. The standard InChI is InChI=1S/C30H27F3N2O3S/c31-30(32,33)20-9-7-11-22(17-20)34-28(36)19-8-6-10-21(16-19)35-29(37)27-25(18-39-23-12-2-1-3-13-23)24-14-4-5-15-26(24)38-27/h4-11,14-17,23H,1-3,12-13,18H2,(H,34,36)(H,35,37). The molecule has 0 radical (unpaired) electrons. The van der Waals surface area contributed by atoms with Crippen LogP contribution in [0.2, 0.25) is 0 Å². The van der Waals surface area contributed by atoms with Crippen molar-refractivity contribution in [2.75, 3.05) is 10.6 Å². The molecule has 1 heterocycles. The Balaban J connectivity index is 1.32. The lowest BCUT2D eigenvalue weighted by molar-refractivity contribution is -0.137. The molecule has 1 aromatic heterocycles. The molecule has 4 aromatic rings. The molecule has 1 aliphatic rings. The zero-order valence-electron chi connectivity index (χ0n) is 21.0. The van der Waals surface area contributed by atoms with Gasteiger partial charge in [-0.25, -0.2) is 0 Å². The van der Waals surface area contributed by atoms with E-state index in [4.69, 9.17) is 4.42 Å². The lowest BCUT2D eigenvalue weighted by Gasteiger charge is -2.20. The van der Waals surface area contributed by atoms with E-state index in [1.54, 1.807) is 12.1 Å². The van der Waals surface area contributed by atoms with E-state index in [0.29, 0.717) is 22.3 Å². The molecule has 0 atom stereocenters. The van der Waals surface area contributed by atoms with Gasteiger partial charge in [0.25, 0.3) is 11.8 Å². The molecular formula is C30H27F3N2O3S. The summed E-state index contributed by atoms with van der Waals surface area (Å²) in [6, 6.07) is 18.2. The van der Waals surface area contributed by atoms with Crippen LogP contribution < -0.4 is 10.6 Å². The van der Waals surface area contributed by atoms with Crippen molar-refractivity contribution in [1.82, 2.24) is 0 Å². The van der Waals surface area contributed by atoms with Crippen LogP contribution in [0.5, 0.6) is 0 Å². The third kappa shape index (κ3) is 6.47. The fourth-order valence-electron chi connectivity index (χ4n) is 4.76. The lowest BCUT2D eigenvalue weighted by atomic mass is 10.0. The summed E-state index contributed by atoms with van der Waals surface area (Å²) >= 11 is 1.85. The van der Waals surface area contributed by atoms with Gasteiger partial charge in [-0.15, -0.1) is 0 Å². The number of anilines is 2. The number of amides is 2. The van der Waals surface area contributed by atoms with Crippen LogP contribution in [-0.4, -0.2) is 17.1 Å². The van der Waals surface area contributed by atoms with E-state index in [2.05, 4.69) is 10.6 Å². The van der Waals surface area contributed by atoms with E-state index in [1.165, 1.54) is 56.4 Å². The van der Waals surface area contributed by atoms with E-state index >= 15 is 0 Å². The summed E-state index contributed by atoms with van der Waals surface area (Å²) in [4.78, 5) is 26.1. The molecule has 2 amide bonds. The second-order valence-electron chi connectivity index (χ2n) is 9.54. The lowest BCUT2D eigenvalue weighted by Crippen LogP contribution is -2.16. The topological polar surface area (TPSA) is 71.3 Å². The van der Waals surface area contributed by atoms with Crippen molar-refractivity contribution in [2.45, 2.75) is 49.3 Å². The molecule has 5 rings (SSSR count). The van der Waals surface area contributed by atoms with Crippen molar-refractivity contribution in [3.8, 4) is 0 Å². The van der Waals surface area contributed by atoms with Crippen LogP contribution in [0, 0.1) is 0 Å². The highest BCUT2D eigenvalue weighted by molar-refractivity contribution is 7.99. The number of benzene rings is 3. The van der Waals surface area contributed by atoms with E-state index in [9.17, 15) is 22.8 Å². The highest BCUT2D eigenvalue weighted by atomic mass is 32.2. The monoisotopic (exact) mass is 552 g/mol. The molecule has 39 heavy (non-hydrogen) atoms. The van der Waals surface area contributed by atoms with Crippen LogP contribution in [0.3, 0.4) is 0 Å². The minimum Gasteiger partial charge on any atom is -0.451 e. The number of halogens is 3. The van der Waals surface area contributed by atoms with Gasteiger partial charge < -0.3 is 15.1 Å². The van der Waals surface area contributed by atoms with Gasteiger partial charge in [0, 0.05) is 38.9 Å². The summed E-state index contributed by atoms with van der Waals surface area (Å²) in [5.74, 6) is -0.137. The number of hydrogen-bond donors (Lipinski definition) is 2. The number of hydrogen-bond acceptors (Lipinski definition) is 4. The number of carbonyl (C=O) groups is 2. The first kappa shape index (κ1) is 26.9. The largest absolute Gasteiger partial charge is 0.451 e. The average Bonchev–Trinajstić information content (AvgIpc) is 3.31. The van der Waals surface area contributed by atoms with Crippen molar-refractivity contribution in [3.05, 3.63) is 95.2 Å². The van der Waals surface area contributed by atoms with Gasteiger partial charge in [-0.3, -0.25) is 9.59 Å². The third-order valence-electron chi connectivity index (χ3n) is 6.75. The fourth-order valence-corrected chi connectivity index (χ4v) is 6.12. The summed E-state index contributed by atoms with van der Waals surface area (Å²) in [5.41, 5.74) is 1.19. The number of para-hydroxylation sites is 1. The summed E-state index contributed by atoms with van der Waals surface area (Å²) < 4.78 is 45.0. The van der Waals surface area contributed by atoms with E-state index in [-0.39, 0.29) is 17.0 Å². The van der Waals surface area contributed by atoms with Gasteiger partial charge in [-0.05, 0) is 55.3 Å². The molecular weight excluding hydrogens is 525 g/mol. The molecule has 0 saturated heterocycles. The van der Waals surface area contributed by atoms with Gasteiger partial charge in [0.15, 0.2) is 5.76 Å². The molecule has 1 fully saturated rings.